The van der Waals surface area contributed by atoms with Crippen LogP contribution in [0.2, 0.25) is 0 Å². The SMILES string of the molecule is FC(F)(F)C(c1ccc(N2C3=C(CCC=C3)C3C=CC=CC32)cc1)(c1ccc(-n2c3ccccc3c3ccccc32)cc1)C(F)(F)F. The average Bonchev–Trinajstić information content (AvgIpc) is 3.58. The summed E-state index contributed by atoms with van der Waals surface area (Å²) < 4.78 is 92.5. The summed E-state index contributed by atoms with van der Waals surface area (Å²) in [6.45, 7) is 0. The Balaban J connectivity index is 1.24. The van der Waals surface area contributed by atoms with E-state index in [0.717, 1.165) is 64.6 Å². The fourth-order valence-electron chi connectivity index (χ4n) is 7.79. The maximum Gasteiger partial charge on any atom is 0.411 e. The van der Waals surface area contributed by atoms with Gasteiger partial charge in [0.2, 0.25) is 5.41 Å². The van der Waals surface area contributed by atoms with Gasteiger partial charge in [-0.25, -0.2) is 0 Å². The molecular formula is C39H28F6N2. The van der Waals surface area contributed by atoms with Crippen molar-refractivity contribution in [2.45, 2.75) is 36.7 Å². The van der Waals surface area contributed by atoms with Crippen molar-refractivity contribution in [3.05, 3.63) is 156 Å². The Morgan fingerprint density at radius 3 is 1.70 bits per heavy atom. The Labute approximate surface area is 267 Å². The molecule has 8 rings (SSSR count). The molecule has 47 heavy (non-hydrogen) atoms. The van der Waals surface area contributed by atoms with Crippen LogP contribution in [-0.4, -0.2) is 23.0 Å². The zero-order chi connectivity index (χ0) is 32.6. The third-order valence-electron chi connectivity index (χ3n) is 9.82. The summed E-state index contributed by atoms with van der Waals surface area (Å²) in [5, 5.41) is 1.87. The quantitative estimate of drug-likeness (QED) is 0.178. The molecule has 2 aliphatic carbocycles. The lowest BCUT2D eigenvalue weighted by Gasteiger charge is -2.39. The van der Waals surface area contributed by atoms with Gasteiger partial charge in [0.15, 0.2) is 0 Å². The number of anilines is 1. The molecule has 2 atom stereocenters. The molecule has 0 fully saturated rings. The molecule has 236 valence electrons. The Kier molecular flexibility index (Phi) is 6.59. The summed E-state index contributed by atoms with van der Waals surface area (Å²) >= 11 is 0. The van der Waals surface area contributed by atoms with Crippen molar-refractivity contribution in [1.29, 1.82) is 0 Å². The second-order valence-corrected chi connectivity index (χ2v) is 12.2. The Morgan fingerprint density at radius 2 is 1.13 bits per heavy atom. The van der Waals surface area contributed by atoms with Crippen LogP contribution in [0, 0.1) is 5.92 Å². The van der Waals surface area contributed by atoms with Crippen LogP contribution in [0.5, 0.6) is 0 Å². The zero-order valence-corrected chi connectivity index (χ0v) is 24.9. The maximum absolute atomic E-state index is 15.1. The standard InChI is InChI=1S/C39H28F6N2/c40-38(41,42)37(39(43,44)45,25-17-21-27(22-18-25)46-33-13-5-1-9-29(33)30-10-2-6-14-34(30)46)26-19-23-28(24-20-26)47-35-15-7-3-11-31(35)32-12-4-8-16-36(32)47/h1-3,5-11,13-24,31,35H,4,12H2. The second kappa shape index (κ2) is 10.5. The van der Waals surface area contributed by atoms with E-state index in [1.807, 2.05) is 88.4 Å². The van der Waals surface area contributed by atoms with Crippen molar-refractivity contribution in [2.24, 2.45) is 5.92 Å². The van der Waals surface area contributed by atoms with Crippen molar-refractivity contribution in [3.8, 4) is 5.69 Å². The van der Waals surface area contributed by atoms with Crippen LogP contribution in [0.4, 0.5) is 32.0 Å². The number of rotatable bonds is 4. The van der Waals surface area contributed by atoms with Crippen molar-refractivity contribution in [3.63, 3.8) is 0 Å². The van der Waals surface area contributed by atoms with Crippen LogP contribution >= 0.6 is 0 Å². The van der Waals surface area contributed by atoms with Crippen molar-refractivity contribution in [1.82, 2.24) is 4.57 Å². The monoisotopic (exact) mass is 638 g/mol. The van der Waals surface area contributed by atoms with E-state index in [2.05, 4.69) is 6.08 Å². The Bertz CT molecular complexity index is 2060. The number of halogens is 6. The highest BCUT2D eigenvalue weighted by Gasteiger charge is 2.72. The van der Waals surface area contributed by atoms with Crippen molar-refractivity contribution < 1.29 is 26.3 Å². The lowest BCUT2D eigenvalue weighted by Crippen LogP contribution is -2.54. The van der Waals surface area contributed by atoms with Gasteiger partial charge in [0.05, 0.1) is 17.1 Å². The number of para-hydroxylation sites is 2. The van der Waals surface area contributed by atoms with Gasteiger partial charge in [-0.3, -0.25) is 0 Å². The Hall–Kier alpha value is -4.98. The topological polar surface area (TPSA) is 8.17 Å². The minimum Gasteiger partial charge on any atom is -0.334 e. The molecule has 8 heteroatoms. The number of aromatic nitrogens is 1. The first-order chi connectivity index (χ1) is 22.6. The smallest absolute Gasteiger partial charge is 0.334 e. The first-order valence-electron chi connectivity index (χ1n) is 15.5. The van der Waals surface area contributed by atoms with E-state index in [-0.39, 0.29) is 12.0 Å². The van der Waals surface area contributed by atoms with Crippen LogP contribution in [0.15, 0.2) is 145 Å². The van der Waals surface area contributed by atoms with Crippen LogP contribution in [0.3, 0.4) is 0 Å². The molecule has 2 nitrogen and oxygen atoms in total. The molecule has 1 aliphatic heterocycles. The van der Waals surface area contributed by atoms with Gasteiger partial charge < -0.3 is 9.47 Å². The summed E-state index contributed by atoms with van der Waals surface area (Å²) in [6.07, 6.45) is 2.46. The molecule has 1 aromatic heterocycles. The molecule has 0 spiro atoms. The number of nitrogens with zero attached hydrogens (tertiary/aromatic N) is 2. The fourth-order valence-corrected chi connectivity index (χ4v) is 7.79. The van der Waals surface area contributed by atoms with Crippen LogP contribution in [-0.2, 0) is 5.41 Å². The summed E-state index contributed by atoms with van der Waals surface area (Å²) in [5.41, 5.74) is -1.23. The van der Waals surface area contributed by atoms with E-state index in [1.54, 1.807) is 0 Å². The lowest BCUT2D eigenvalue weighted by atomic mass is 9.72. The molecule has 2 heterocycles. The van der Waals surface area contributed by atoms with E-state index >= 15 is 26.3 Å². The van der Waals surface area contributed by atoms with Gasteiger partial charge in [-0.05, 0) is 72.0 Å². The van der Waals surface area contributed by atoms with E-state index in [0.29, 0.717) is 11.4 Å². The third-order valence-corrected chi connectivity index (χ3v) is 9.82. The number of alkyl halides is 6. The number of hydrogen-bond acceptors (Lipinski definition) is 1. The van der Waals surface area contributed by atoms with Gasteiger partial charge in [-0.2, -0.15) is 26.3 Å². The predicted molar refractivity (Wildman–Crippen MR) is 174 cm³/mol. The predicted octanol–water partition coefficient (Wildman–Crippen LogP) is 10.7. The molecule has 0 amide bonds. The molecular weight excluding hydrogens is 610 g/mol. The number of fused-ring (bicyclic) bond motifs is 5. The molecule has 0 saturated carbocycles. The van der Waals surface area contributed by atoms with Crippen LogP contribution < -0.4 is 4.90 Å². The molecule has 2 unspecified atom stereocenters. The lowest BCUT2D eigenvalue weighted by molar-refractivity contribution is -0.288. The molecule has 3 aliphatic rings. The van der Waals surface area contributed by atoms with Gasteiger partial charge in [0, 0.05) is 33.8 Å². The zero-order valence-electron chi connectivity index (χ0n) is 24.9. The molecule has 0 bridgehead atoms. The van der Waals surface area contributed by atoms with Crippen molar-refractivity contribution in [2.75, 3.05) is 4.90 Å². The summed E-state index contributed by atoms with van der Waals surface area (Å²) in [7, 11) is 0. The minimum absolute atomic E-state index is 0.0954. The number of allylic oxidation sites excluding steroid dienone is 4. The molecule has 5 aromatic rings. The maximum atomic E-state index is 15.1. The summed E-state index contributed by atoms with van der Waals surface area (Å²) in [6, 6.07) is 24.4. The van der Waals surface area contributed by atoms with E-state index in [1.165, 1.54) is 29.8 Å². The van der Waals surface area contributed by atoms with Crippen LogP contribution in [0.25, 0.3) is 27.5 Å². The Morgan fingerprint density at radius 1 is 0.596 bits per heavy atom. The van der Waals surface area contributed by atoms with Gasteiger partial charge in [-0.15, -0.1) is 0 Å². The molecule has 0 saturated heterocycles. The second-order valence-electron chi connectivity index (χ2n) is 12.2. The van der Waals surface area contributed by atoms with Gasteiger partial charge in [0.1, 0.15) is 0 Å². The molecule has 0 radical (unpaired) electrons. The normalized spacial score (nSPS) is 19.6. The highest BCUT2D eigenvalue weighted by Crippen LogP contribution is 2.57. The first-order valence-corrected chi connectivity index (χ1v) is 15.5. The van der Waals surface area contributed by atoms with E-state index in [4.69, 9.17) is 0 Å². The third kappa shape index (κ3) is 4.26. The highest BCUT2D eigenvalue weighted by molar-refractivity contribution is 6.09. The average molecular weight is 639 g/mol. The summed E-state index contributed by atoms with van der Waals surface area (Å²) in [4.78, 5) is 2.02. The number of benzene rings is 4. The van der Waals surface area contributed by atoms with Gasteiger partial charge in [0.25, 0.3) is 0 Å². The largest absolute Gasteiger partial charge is 0.411 e. The van der Waals surface area contributed by atoms with E-state index in [9.17, 15) is 0 Å². The highest BCUT2D eigenvalue weighted by atomic mass is 19.4. The first kappa shape index (κ1) is 29.4. The van der Waals surface area contributed by atoms with Gasteiger partial charge >= 0.3 is 12.4 Å². The van der Waals surface area contributed by atoms with Crippen LogP contribution in [0.1, 0.15) is 24.0 Å². The molecule has 0 N–H and O–H groups in total. The molecule has 4 aromatic carbocycles. The minimum atomic E-state index is -5.68. The number of hydrogen-bond donors (Lipinski definition) is 0. The summed E-state index contributed by atoms with van der Waals surface area (Å²) in [5.74, 6) is 0.108. The van der Waals surface area contributed by atoms with Gasteiger partial charge in [-0.1, -0.05) is 91.0 Å². The fraction of sp³-hybridized carbons (Fsp3) is 0.179. The van der Waals surface area contributed by atoms with E-state index < -0.39 is 28.9 Å². The van der Waals surface area contributed by atoms with Crippen molar-refractivity contribution >= 4 is 27.5 Å².